The van der Waals surface area contributed by atoms with E-state index >= 15 is 0 Å². The van der Waals surface area contributed by atoms with Crippen LogP contribution in [0.5, 0.6) is 5.75 Å². The van der Waals surface area contributed by atoms with E-state index in [2.05, 4.69) is 74.2 Å². The number of fused-ring (bicyclic) bond motifs is 1. The predicted molar refractivity (Wildman–Crippen MR) is 127 cm³/mol. The van der Waals surface area contributed by atoms with Crippen molar-refractivity contribution in [1.29, 1.82) is 5.26 Å². The molecule has 3 aromatic rings. The zero-order valence-electron chi connectivity index (χ0n) is 15.1. The van der Waals surface area contributed by atoms with Gasteiger partial charge in [0.1, 0.15) is 17.6 Å². The summed E-state index contributed by atoms with van der Waals surface area (Å²) >= 11 is 4.57. The van der Waals surface area contributed by atoms with Gasteiger partial charge in [0.05, 0.1) is 26.8 Å². The summed E-state index contributed by atoms with van der Waals surface area (Å²) in [6, 6.07) is 12.4. The SMILES string of the molecule is CCCCOc1c(I)cc(I)cc1/C=C(\C#N)c1nc2ccc(C)cc2[nH]1. The van der Waals surface area contributed by atoms with Gasteiger partial charge in [-0.25, -0.2) is 4.98 Å². The molecule has 2 aromatic carbocycles. The topological polar surface area (TPSA) is 61.7 Å². The van der Waals surface area contributed by atoms with Gasteiger partial charge < -0.3 is 9.72 Å². The first-order valence-corrected chi connectivity index (χ1v) is 10.9. The highest BCUT2D eigenvalue weighted by Gasteiger charge is 2.13. The summed E-state index contributed by atoms with van der Waals surface area (Å²) in [7, 11) is 0. The molecule has 1 aromatic heterocycles. The van der Waals surface area contributed by atoms with Crippen molar-refractivity contribution in [3.05, 3.63) is 54.4 Å². The summed E-state index contributed by atoms with van der Waals surface area (Å²) in [5.41, 5.74) is 4.33. The van der Waals surface area contributed by atoms with Gasteiger partial charge in [0.25, 0.3) is 0 Å². The number of halogens is 2. The lowest BCUT2D eigenvalue weighted by Gasteiger charge is -2.12. The van der Waals surface area contributed by atoms with Crippen LogP contribution in [0, 0.1) is 25.4 Å². The van der Waals surface area contributed by atoms with Crippen LogP contribution in [0.1, 0.15) is 36.7 Å². The molecule has 0 bridgehead atoms. The van der Waals surface area contributed by atoms with E-state index < -0.39 is 0 Å². The van der Waals surface area contributed by atoms with Crippen molar-refractivity contribution in [3.63, 3.8) is 0 Å². The smallest absolute Gasteiger partial charge is 0.149 e. The van der Waals surface area contributed by atoms with E-state index in [4.69, 9.17) is 4.74 Å². The second-order valence-electron chi connectivity index (χ2n) is 6.28. The number of aromatic amines is 1. The quantitative estimate of drug-likeness (QED) is 0.210. The highest BCUT2D eigenvalue weighted by molar-refractivity contribution is 14.1. The Morgan fingerprint density at radius 3 is 2.85 bits per heavy atom. The maximum atomic E-state index is 9.74. The van der Waals surface area contributed by atoms with E-state index in [0.29, 0.717) is 18.0 Å². The van der Waals surface area contributed by atoms with Crippen LogP contribution in [0.4, 0.5) is 0 Å². The fourth-order valence-corrected chi connectivity index (χ4v) is 4.76. The number of benzene rings is 2. The van der Waals surface area contributed by atoms with Crippen LogP contribution in [0.3, 0.4) is 0 Å². The van der Waals surface area contributed by atoms with Gasteiger partial charge >= 0.3 is 0 Å². The first-order valence-electron chi connectivity index (χ1n) is 8.72. The number of nitrogens with one attached hydrogen (secondary N) is 1. The first kappa shape index (κ1) is 20.1. The lowest BCUT2D eigenvalue weighted by atomic mass is 10.1. The molecule has 0 saturated heterocycles. The number of nitrogens with zero attached hydrogens (tertiary/aromatic N) is 2. The van der Waals surface area contributed by atoms with E-state index in [1.165, 1.54) is 0 Å². The summed E-state index contributed by atoms with van der Waals surface area (Å²) in [4.78, 5) is 7.84. The molecule has 6 heteroatoms. The molecule has 138 valence electrons. The minimum atomic E-state index is 0.488. The molecule has 1 heterocycles. The molecule has 1 N–H and O–H groups in total. The van der Waals surface area contributed by atoms with Crippen molar-refractivity contribution in [3.8, 4) is 11.8 Å². The number of rotatable bonds is 6. The van der Waals surface area contributed by atoms with E-state index in [1.54, 1.807) is 0 Å². The molecule has 0 aliphatic carbocycles. The van der Waals surface area contributed by atoms with Gasteiger partial charge in [0.2, 0.25) is 0 Å². The molecule has 3 rings (SSSR count). The fraction of sp³-hybridized carbons (Fsp3) is 0.238. The third-order valence-electron chi connectivity index (χ3n) is 4.09. The Hall–Kier alpha value is -1.60. The van der Waals surface area contributed by atoms with Gasteiger partial charge in [-0.15, -0.1) is 0 Å². The maximum Gasteiger partial charge on any atom is 0.149 e. The first-order chi connectivity index (χ1) is 13.0. The van der Waals surface area contributed by atoms with Crippen molar-refractivity contribution in [2.75, 3.05) is 6.61 Å². The molecule has 27 heavy (non-hydrogen) atoms. The van der Waals surface area contributed by atoms with Crippen LogP contribution in [-0.2, 0) is 0 Å². The van der Waals surface area contributed by atoms with E-state index in [1.807, 2.05) is 37.3 Å². The average molecular weight is 583 g/mol. The molecule has 0 amide bonds. The average Bonchev–Trinajstić information content (AvgIpc) is 3.04. The molecule has 0 radical (unpaired) electrons. The fourth-order valence-electron chi connectivity index (χ4n) is 2.72. The molecule has 0 aliphatic rings. The lowest BCUT2D eigenvalue weighted by Crippen LogP contribution is -2.01. The largest absolute Gasteiger partial charge is 0.492 e. The highest BCUT2D eigenvalue weighted by Crippen LogP contribution is 2.32. The van der Waals surface area contributed by atoms with Crippen LogP contribution in [0.15, 0.2) is 30.3 Å². The van der Waals surface area contributed by atoms with Crippen LogP contribution in [0.25, 0.3) is 22.7 Å². The number of hydrogen-bond acceptors (Lipinski definition) is 3. The molecule has 0 saturated carbocycles. The van der Waals surface area contributed by atoms with E-state index in [9.17, 15) is 5.26 Å². The van der Waals surface area contributed by atoms with Gasteiger partial charge in [-0.3, -0.25) is 0 Å². The Labute approximate surface area is 186 Å². The van der Waals surface area contributed by atoms with Crippen molar-refractivity contribution in [2.45, 2.75) is 26.7 Å². The number of aryl methyl sites for hydroxylation is 1. The summed E-state index contributed by atoms with van der Waals surface area (Å²) in [5, 5.41) is 9.74. The highest BCUT2D eigenvalue weighted by atomic mass is 127. The monoisotopic (exact) mass is 583 g/mol. The van der Waals surface area contributed by atoms with Gasteiger partial charge in [-0.05, 0) is 94.4 Å². The Bertz CT molecular complexity index is 1050. The maximum absolute atomic E-state index is 9.74. The zero-order chi connectivity index (χ0) is 19.4. The number of hydrogen-bond donors (Lipinski definition) is 1. The standard InChI is InChI=1S/C21H19I2N3O/c1-3-4-7-27-20-14(10-16(22)11-17(20)23)9-15(12-24)21-25-18-6-5-13(2)8-19(18)26-21/h5-6,8-11H,3-4,7H2,1-2H3,(H,25,26)/b15-9+. The normalized spacial score (nSPS) is 11.6. The Morgan fingerprint density at radius 2 is 2.11 bits per heavy atom. The third-order valence-corrected chi connectivity index (χ3v) is 5.52. The Morgan fingerprint density at radius 1 is 1.30 bits per heavy atom. The van der Waals surface area contributed by atoms with Crippen LogP contribution in [-0.4, -0.2) is 16.6 Å². The summed E-state index contributed by atoms with van der Waals surface area (Å²) in [6.07, 6.45) is 3.93. The number of aromatic nitrogens is 2. The molecule has 0 unspecified atom stereocenters. The molecule has 0 atom stereocenters. The van der Waals surface area contributed by atoms with Crippen molar-refractivity contribution < 1.29 is 4.74 Å². The predicted octanol–water partition coefficient (Wildman–Crippen LogP) is 6.32. The molecule has 4 nitrogen and oxygen atoms in total. The molecule has 0 fully saturated rings. The second kappa shape index (κ2) is 9.06. The van der Waals surface area contributed by atoms with Gasteiger partial charge in [0, 0.05) is 9.13 Å². The second-order valence-corrected chi connectivity index (χ2v) is 8.69. The number of nitriles is 1. The minimum Gasteiger partial charge on any atom is -0.492 e. The van der Waals surface area contributed by atoms with Gasteiger partial charge in [0.15, 0.2) is 0 Å². The van der Waals surface area contributed by atoms with Crippen molar-refractivity contribution in [1.82, 2.24) is 9.97 Å². The minimum absolute atomic E-state index is 0.488. The zero-order valence-corrected chi connectivity index (χ0v) is 19.5. The molecule has 0 aliphatic heterocycles. The number of ether oxygens (including phenoxy) is 1. The van der Waals surface area contributed by atoms with Crippen molar-refractivity contribution in [2.24, 2.45) is 0 Å². The molecule has 0 spiro atoms. The van der Waals surface area contributed by atoms with Crippen LogP contribution in [0.2, 0.25) is 0 Å². The Kier molecular flexibility index (Phi) is 6.76. The number of unbranched alkanes of at least 4 members (excludes halogenated alkanes) is 1. The lowest BCUT2D eigenvalue weighted by molar-refractivity contribution is 0.306. The van der Waals surface area contributed by atoms with E-state index in [-0.39, 0.29) is 0 Å². The van der Waals surface area contributed by atoms with Gasteiger partial charge in [-0.2, -0.15) is 5.26 Å². The summed E-state index contributed by atoms with van der Waals surface area (Å²) in [6.45, 7) is 4.84. The summed E-state index contributed by atoms with van der Waals surface area (Å²) < 4.78 is 8.17. The number of imidazole rings is 1. The summed E-state index contributed by atoms with van der Waals surface area (Å²) in [5.74, 6) is 1.40. The van der Waals surface area contributed by atoms with E-state index in [0.717, 1.165) is 47.9 Å². The Balaban J connectivity index is 2.05. The molecular weight excluding hydrogens is 564 g/mol. The van der Waals surface area contributed by atoms with Crippen LogP contribution < -0.4 is 4.74 Å². The number of H-pyrrole nitrogens is 1. The third kappa shape index (κ3) is 4.82. The molecular formula is C21H19I2N3O. The van der Waals surface area contributed by atoms with Gasteiger partial charge in [-0.1, -0.05) is 19.4 Å². The number of allylic oxidation sites excluding steroid dienone is 1. The van der Waals surface area contributed by atoms with Crippen LogP contribution >= 0.6 is 45.2 Å². The van der Waals surface area contributed by atoms with Crippen molar-refractivity contribution >= 4 is 67.9 Å².